The van der Waals surface area contributed by atoms with Gasteiger partial charge in [-0.15, -0.1) is 0 Å². The first-order valence-electron chi connectivity index (χ1n) is 9.15. The second-order valence-corrected chi connectivity index (χ2v) is 6.81. The van der Waals surface area contributed by atoms with Crippen LogP contribution in [0.1, 0.15) is 43.1 Å². The summed E-state index contributed by atoms with van der Waals surface area (Å²) in [6, 6.07) is 5.97. The van der Waals surface area contributed by atoms with Gasteiger partial charge in [0, 0.05) is 18.5 Å². The number of nitrogens with one attached hydrogen (secondary N) is 2. The van der Waals surface area contributed by atoms with Gasteiger partial charge in [0.05, 0.1) is 5.39 Å². The molecule has 3 amide bonds. The molecule has 0 aliphatic heterocycles. The molecule has 1 heterocycles. The Morgan fingerprint density at radius 1 is 1.18 bits per heavy atom. The maximum absolute atomic E-state index is 12.5. The van der Waals surface area contributed by atoms with Gasteiger partial charge < -0.3 is 10.1 Å². The van der Waals surface area contributed by atoms with Crippen molar-refractivity contribution in [1.29, 1.82) is 0 Å². The van der Waals surface area contributed by atoms with E-state index in [1.807, 2.05) is 0 Å². The number of carbonyl (C=O) groups excluding carboxylic acids is 3. The van der Waals surface area contributed by atoms with Crippen LogP contribution in [0.5, 0.6) is 0 Å². The molecule has 1 aliphatic rings. The summed E-state index contributed by atoms with van der Waals surface area (Å²) in [6.45, 7) is 1.36. The molecule has 2 N–H and O–H groups in total. The molecule has 1 saturated carbocycles. The summed E-state index contributed by atoms with van der Waals surface area (Å²) < 4.78 is 6.20. The van der Waals surface area contributed by atoms with Gasteiger partial charge in [-0.2, -0.15) is 5.10 Å². The van der Waals surface area contributed by atoms with Crippen molar-refractivity contribution in [2.24, 2.45) is 7.05 Å². The molecule has 0 radical (unpaired) electrons. The summed E-state index contributed by atoms with van der Waals surface area (Å²) >= 11 is 0. The van der Waals surface area contributed by atoms with Crippen LogP contribution in [0.3, 0.4) is 0 Å². The van der Waals surface area contributed by atoms with Crippen molar-refractivity contribution in [3.63, 3.8) is 0 Å². The van der Waals surface area contributed by atoms with E-state index in [0.717, 1.165) is 30.4 Å². The molecular formula is C19H22N4O5. The number of aryl methyl sites for hydroxylation is 1. The Labute approximate surface area is 161 Å². The van der Waals surface area contributed by atoms with Crippen LogP contribution in [0, 0.1) is 0 Å². The highest BCUT2D eigenvalue weighted by Crippen LogP contribution is 2.17. The molecule has 9 heteroatoms. The third-order valence-electron chi connectivity index (χ3n) is 4.73. The lowest BCUT2D eigenvalue weighted by atomic mass is 10.1. The van der Waals surface area contributed by atoms with Gasteiger partial charge in [-0.1, -0.05) is 31.0 Å². The zero-order valence-electron chi connectivity index (χ0n) is 15.7. The van der Waals surface area contributed by atoms with E-state index in [1.165, 1.54) is 14.0 Å². The number of rotatable bonds is 4. The van der Waals surface area contributed by atoms with Crippen LogP contribution in [0.4, 0.5) is 4.79 Å². The van der Waals surface area contributed by atoms with Crippen molar-refractivity contribution in [2.75, 3.05) is 0 Å². The number of ether oxygens (including phenoxy) is 1. The molecule has 0 unspecified atom stereocenters. The van der Waals surface area contributed by atoms with Gasteiger partial charge in [-0.05, 0) is 25.8 Å². The number of amides is 3. The quantitative estimate of drug-likeness (QED) is 0.763. The zero-order chi connectivity index (χ0) is 20.3. The van der Waals surface area contributed by atoms with Gasteiger partial charge in [-0.25, -0.2) is 14.3 Å². The van der Waals surface area contributed by atoms with Crippen molar-refractivity contribution in [2.45, 2.75) is 44.8 Å². The largest absolute Gasteiger partial charge is 0.448 e. The van der Waals surface area contributed by atoms with Gasteiger partial charge in [0.25, 0.3) is 11.5 Å². The molecule has 2 aromatic rings. The topological polar surface area (TPSA) is 119 Å². The van der Waals surface area contributed by atoms with Crippen molar-refractivity contribution in [3.05, 3.63) is 40.3 Å². The maximum Gasteiger partial charge on any atom is 0.360 e. The molecule has 1 aromatic heterocycles. The second-order valence-electron chi connectivity index (χ2n) is 6.81. The van der Waals surface area contributed by atoms with Crippen LogP contribution in [-0.2, 0) is 16.6 Å². The summed E-state index contributed by atoms with van der Waals surface area (Å²) in [4.78, 5) is 48.7. The van der Waals surface area contributed by atoms with Crippen molar-refractivity contribution in [1.82, 2.24) is 20.4 Å². The standard InChI is InChI=1S/C19H22N4O5/c1-11(16(24)21-19(27)20-12-7-3-4-8-12)28-18(26)15-13-9-5-6-10-14(13)17(25)23(2)22-15/h5-6,9-12H,3-4,7-8H2,1-2H3,(H2,20,21,24,27)/t11-/m1/s1. The van der Waals surface area contributed by atoms with Crippen LogP contribution >= 0.6 is 0 Å². The lowest BCUT2D eigenvalue weighted by molar-refractivity contribution is -0.127. The Kier molecular flexibility index (Phi) is 5.72. The summed E-state index contributed by atoms with van der Waals surface area (Å²) in [7, 11) is 1.43. The average molecular weight is 386 g/mol. The van der Waals surface area contributed by atoms with E-state index in [4.69, 9.17) is 4.74 Å². The average Bonchev–Trinajstić information content (AvgIpc) is 3.17. The van der Waals surface area contributed by atoms with Gasteiger partial charge >= 0.3 is 12.0 Å². The molecule has 1 atom stereocenters. The Balaban J connectivity index is 1.68. The molecule has 1 fully saturated rings. The fourth-order valence-electron chi connectivity index (χ4n) is 3.23. The van der Waals surface area contributed by atoms with Crippen LogP contribution in [0.15, 0.2) is 29.1 Å². The summed E-state index contributed by atoms with van der Waals surface area (Å²) in [5.74, 6) is -1.59. The second kappa shape index (κ2) is 8.20. The van der Waals surface area contributed by atoms with Crippen LogP contribution in [0.2, 0.25) is 0 Å². The highest BCUT2D eigenvalue weighted by Gasteiger charge is 2.25. The van der Waals surface area contributed by atoms with E-state index in [9.17, 15) is 19.2 Å². The number of esters is 1. The molecule has 28 heavy (non-hydrogen) atoms. The highest BCUT2D eigenvalue weighted by atomic mass is 16.5. The SMILES string of the molecule is C[C@@H](OC(=O)c1nn(C)c(=O)c2ccccc12)C(=O)NC(=O)NC1CCCC1. The van der Waals surface area contributed by atoms with Gasteiger partial charge in [-0.3, -0.25) is 14.9 Å². The fourth-order valence-corrected chi connectivity index (χ4v) is 3.23. The first-order valence-corrected chi connectivity index (χ1v) is 9.15. The molecule has 0 saturated heterocycles. The van der Waals surface area contributed by atoms with E-state index in [-0.39, 0.29) is 17.3 Å². The fraction of sp³-hybridized carbons (Fsp3) is 0.421. The van der Waals surface area contributed by atoms with Crippen molar-refractivity contribution >= 4 is 28.7 Å². The first kappa shape index (κ1) is 19.5. The first-order chi connectivity index (χ1) is 13.4. The number of carbonyl (C=O) groups is 3. The molecule has 1 aliphatic carbocycles. The lowest BCUT2D eigenvalue weighted by Gasteiger charge is -2.16. The summed E-state index contributed by atoms with van der Waals surface area (Å²) in [5, 5.41) is 9.52. The number of imide groups is 1. The Morgan fingerprint density at radius 3 is 2.50 bits per heavy atom. The minimum absolute atomic E-state index is 0.0619. The van der Waals surface area contributed by atoms with Crippen LogP contribution < -0.4 is 16.2 Å². The number of benzene rings is 1. The Morgan fingerprint density at radius 2 is 1.82 bits per heavy atom. The number of nitrogens with zero attached hydrogens (tertiary/aromatic N) is 2. The molecule has 1 aromatic carbocycles. The highest BCUT2D eigenvalue weighted by molar-refractivity contribution is 6.03. The number of urea groups is 1. The maximum atomic E-state index is 12.5. The number of aromatic nitrogens is 2. The molecule has 148 valence electrons. The van der Waals surface area contributed by atoms with E-state index in [1.54, 1.807) is 24.3 Å². The predicted molar refractivity (Wildman–Crippen MR) is 101 cm³/mol. The van der Waals surface area contributed by atoms with Crippen molar-refractivity contribution in [3.8, 4) is 0 Å². The molecule has 0 bridgehead atoms. The monoisotopic (exact) mass is 386 g/mol. The van der Waals surface area contributed by atoms with E-state index >= 15 is 0 Å². The van der Waals surface area contributed by atoms with E-state index in [2.05, 4.69) is 15.7 Å². The van der Waals surface area contributed by atoms with E-state index < -0.39 is 24.0 Å². The molecular weight excluding hydrogens is 364 g/mol. The number of hydrogen-bond acceptors (Lipinski definition) is 6. The Hall–Kier alpha value is -3.23. The number of hydrogen-bond donors (Lipinski definition) is 2. The predicted octanol–water partition coefficient (Wildman–Crippen LogP) is 1.25. The summed E-state index contributed by atoms with van der Waals surface area (Å²) in [5.41, 5.74) is -0.422. The zero-order valence-corrected chi connectivity index (χ0v) is 15.7. The summed E-state index contributed by atoms with van der Waals surface area (Å²) in [6.07, 6.45) is 2.66. The minimum Gasteiger partial charge on any atom is -0.448 e. The van der Waals surface area contributed by atoms with Crippen LogP contribution in [0.25, 0.3) is 10.8 Å². The third-order valence-corrected chi connectivity index (χ3v) is 4.73. The van der Waals surface area contributed by atoms with Crippen LogP contribution in [-0.4, -0.2) is 39.8 Å². The molecule has 9 nitrogen and oxygen atoms in total. The smallest absolute Gasteiger partial charge is 0.360 e. The van der Waals surface area contributed by atoms with Crippen molar-refractivity contribution < 1.29 is 19.1 Å². The minimum atomic E-state index is -1.21. The Bertz CT molecular complexity index is 978. The van der Waals surface area contributed by atoms with E-state index in [0.29, 0.717) is 10.8 Å². The lowest BCUT2D eigenvalue weighted by Crippen LogP contribution is -2.47. The molecule has 3 rings (SSSR count). The number of fused-ring (bicyclic) bond motifs is 1. The van der Waals surface area contributed by atoms with Gasteiger partial charge in [0.2, 0.25) is 0 Å². The molecule has 0 spiro atoms. The van der Waals surface area contributed by atoms with Gasteiger partial charge in [0.15, 0.2) is 11.8 Å². The normalized spacial score (nSPS) is 15.2. The van der Waals surface area contributed by atoms with Gasteiger partial charge in [0.1, 0.15) is 0 Å². The third kappa shape index (κ3) is 4.19.